The Morgan fingerprint density at radius 1 is 1.64 bits per heavy atom. The Morgan fingerprint density at radius 3 is 2.79 bits per heavy atom. The van der Waals surface area contributed by atoms with Crippen LogP contribution >= 0.6 is 39.7 Å². The Bertz CT molecular complexity index is 427. The Labute approximate surface area is 100.0 Å². The van der Waals surface area contributed by atoms with Crippen LogP contribution in [0.4, 0.5) is 5.69 Å². The maximum atomic E-state index is 8.73. The smallest absolute Gasteiger partial charge is 0.168 e. The van der Waals surface area contributed by atoms with Gasteiger partial charge in [-0.15, -0.1) is 0 Å². The molecule has 14 heavy (non-hydrogen) atoms. The third-order valence-corrected chi connectivity index (χ3v) is 2.62. The first-order chi connectivity index (χ1) is 6.56. The number of hydrogen-bond donors (Lipinski definition) is 2. The fraction of sp³-hybridized carbons (Fsp3) is 0. The highest BCUT2D eigenvalue weighted by Gasteiger charge is 2.10. The van der Waals surface area contributed by atoms with E-state index in [-0.39, 0.29) is 5.11 Å². The minimum absolute atomic E-state index is 0.0997. The van der Waals surface area contributed by atoms with Crippen molar-refractivity contribution in [2.45, 2.75) is 0 Å². The van der Waals surface area contributed by atoms with Gasteiger partial charge in [0, 0.05) is 4.47 Å². The number of thiocarbonyl (C=S) groups is 1. The van der Waals surface area contributed by atoms with Crippen LogP contribution in [0.3, 0.4) is 0 Å². The van der Waals surface area contributed by atoms with E-state index in [1.807, 2.05) is 6.07 Å². The van der Waals surface area contributed by atoms with Crippen molar-refractivity contribution in [3.8, 4) is 6.07 Å². The van der Waals surface area contributed by atoms with Crippen molar-refractivity contribution in [3.63, 3.8) is 0 Å². The highest BCUT2D eigenvalue weighted by Crippen LogP contribution is 2.32. The first-order valence-corrected chi connectivity index (χ1v) is 5.08. The average Bonchev–Trinajstić information content (AvgIpc) is 2.12. The Hall–Kier alpha value is -0.830. The molecular formula is C8H5BrClN3S. The second-order valence-corrected chi connectivity index (χ2v) is 4.06. The molecule has 3 nitrogen and oxygen atoms in total. The van der Waals surface area contributed by atoms with E-state index in [1.54, 1.807) is 12.1 Å². The molecule has 0 spiro atoms. The average molecular weight is 291 g/mol. The second-order valence-electron chi connectivity index (χ2n) is 2.38. The summed E-state index contributed by atoms with van der Waals surface area (Å²) >= 11 is 13.9. The summed E-state index contributed by atoms with van der Waals surface area (Å²) < 4.78 is 0.703. The predicted molar refractivity (Wildman–Crippen MR) is 64.3 cm³/mol. The van der Waals surface area contributed by atoms with E-state index in [0.29, 0.717) is 20.7 Å². The number of halogens is 2. The van der Waals surface area contributed by atoms with Crippen molar-refractivity contribution in [3.05, 3.63) is 27.2 Å². The van der Waals surface area contributed by atoms with Crippen LogP contribution in [0, 0.1) is 11.3 Å². The summed E-state index contributed by atoms with van der Waals surface area (Å²) in [6.45, 7) is 0. The lowest BCUT2D eigenvalue weighted by atomic mass is 10.2. The van der Waals surface area contributed by atoms with Gasteiger partial charge in [0.2, 0.25) is 0 Å². The van der Waals surface area contributed by atoms with Gasteiger partial charge in [-0.3, -0.25) is 0 Å². The van der Waals surface area contributed by atoms with Gasteiger partial charge in [-0.05, 0) is 40.3 Å². The van der Waals surface area contributed by atoms with Crippen molar-refractivity contribution in [2.24, 2.45) is 5.73 Å². The monoisotopic (exact) mass is 289 g/mol. The minimum atomic E-state index is 0.0997. The molecule has 72 valence electrons. The molecule has 0 radical (unpaired) electrons. The van der Waals surface area contributed by atoms with E-state index >= 15 is 0 Å². The summed E-state index contributed by atoms with van der Waals surface area (Å²) in [6, 6.07) is 5.27. The number of nitrogens with zero attached hydrogens (tertiary/aromatic N) is 1. The number of nitrogens with one attached hydrogen (secondary N) is 1. The summed E-state index contributed by atoms with van der Waals surface area (Å²) in [5, 5.41) is 11.8. The molecule has 0 bridgehead atoms. The van der Waals surface area contributed by atoms with E-state index in [1.165, 1.54) is 0 Å². The zero-order valence-electron chi connectivity index (χ0n) is 6.84. The third-order valence-electron chi connectivity index (χ3n) is 1.46. The van der Waals surface area contributed by atoms with Crippen LogP contribution in [-0.4, -0.2) is 5.11 Å². The summed E-state index contributed by atoms with van der Waals surface area (Å²) in [5.74, 6) is 0. The van der Waals surface area contributed by atoms with Gasteiger partial charge >= 0.3 is 0 Å². The largest absolute Gasteiger partial charge is 0.376 e. The van der Waals surface area contributed by atoms with Gasteiger partial charge in [0.1, 0.15) is 6.07 Å². The molecule has 1 aromatic carbocycles. The molecule has 0 saturated heterocycles. The first kappa shape index (κ1) is 11.2. The number of benzene rings is 1. The molecule has 0 unspecified atom stereocenters. The molecule has 0 amide bonds. The van der Waals surface area contributed by atoms with Crippen LogP contribution in [0.2, 0.25) is 5.02 Å². The van der Waals surface area contributed by atoms with Crippen LogP contribution in [0.1, 0.15) is 5.56 Å². The lowest BCUT2D eigenvalue weighted by molar-refractivity contribution is 1.47. The molecule has 0 aliphatic carbocycles. The van der Waals surface area contributed by atoms with Crippen molar-refractivity contribution < 1.29 is 0 Å². The zero-order chi connectivity index (χ0) is 10.7. The van der Waals surface area contributed by atoms with Crippen LogP contribution in [-0.2, 0) is 0 Å². The van der Waals surface area contributed by atoms with Crippen LogP contribution in [0.25, 0.3) is 0 Å². The molecule has 0 fully saturated rings. The van der Waals surface area contributed by atoms with Crippen molar-refractivity contribution >= 4 is 50.5 Å². The number of nitrogens with two attached hydrogens (primary N) is 1. The third kappa shape index (κ3) is 2.35. The standard InChI is InChI=1S/C8H5BrClN3S/c9-5-2-1-4(3-11)6(10)7(5)13-8(12)14/h1-2H,(H3,12,13,14). The second kappa shape index (κ2) is 4.60. The topological polar surface area (TPSA) is 61.8 Å². The van der Waals surface area contributed by atoms with E-state index in [0.717, 1.165) is 0 Å². The maximum absolute atomic E-state index is 8.73. The normalized spacial score (nSPS) is 9.21. The van der Waals surface area contributed by atoms with Gasteiger partial charge in [-0.2, -0.15) is 5.26 Å². The van der Waals surface area contributed by atoms with Gasteiger partial charge in [0.05, 0.1) is 16.3 Å². The fourth-order valence-corrected chi connectivity index (χ4v) is 1.78. The molecule has 0 saturated carbocycles. The molecular weight excluding hydrogens is 286 g/mol. The van der Waals surface area contributed by atoms with Gasteiger partial charge in [0.25, 0.3) is 0 Å². The van der Waals surface area contributed by atoms with Gasteiger partial charge in [0.15, 0.2) is 5.11 Å². The summed E-state index contributed by atoms with van der Waals surface area (Å²) in [7, 11) is 0. The van der Waals surface area contributed by atoms with Crippen molar-refractivity contribution in [1.82, 2.24) is 0 Å². The molecule has 0 aliphatic rings. The molecule has 0 aliphatic heterocycles. The molecule has 0 atom stereocenters. The van der Waals surface area contributed by atoms with E-state index < -0.39 is 0 Å². The Morgan fingerprint density at radius 2 is 2.29 bits per heavy atom. The molecule has 1 rings (SSSR count). The van der Waals surface area contributed by atoms with Crippen LogP contribution < -0.4 is 11.1 Å². The number of nitriles is 1. The molecule has 6 heteroatoms. The Balaban J connectivity index is 3.27. The lowest BCUT2D eigenvalue weighted by Gasteiger charge is -2.09. The Kier molecular flexibility index (Phi) is 3.69. The number of rotatable bonds is 1. The van der Waals surface area contributed by atoms with Crippen molar-refractivity contribution in [1.29, 1.82) is 5.26 Å². The summed E-state index contributed by atoms with van der Waals surface area (Å²) in [5.41, 5.74) is 6.19. The van der Waals surface area contributed by atoms with E-state index in [2.05, 4.69) is 33.5 Å². The predicted octanol–water partition coefficient (Wildman–Crippen LogP) is 2.63. The highest BCUT2D eigenvalue weighted by molar-refractivity contribution is 9.10. The van der Waals surface area contributed by atoms with Gasteiger partial charge in [-0.25, -0.2) is 0 Å². The number of anilines is 1. The maximum Gasteiger partial charge on any atom is 0.168 e. The first-order valence-electron chi connectivity index (χ1n) is 3.51. The molecule has 0 heterocycles. The van der Waals surface area contributed by atoms with Crippen LogP contribution in [0.5, 0.6) is 0 Å². The van der Waals surface area contributed by atoms with E-state index in [4.69, 9.17) is 22.6 Å². The van der Waals surface area contributed by atoms with Crippen LogP contribution in [0.15, 0.2) is 16.6 Å². The van der Waals surface area contributed by atoms with E-state index in [9.17, 15) is 0 Å². The molecule has 3 N–H and O–H groups in total. The summed E-state index contributed by atoms with van der Waals surface area (Å²) in [6.07, 6.45) is 0. The van der Waals surface area contributed by atoms with Gasteiger partial charge in [-0.1, -0.05) is 11.6 Å². The quantitative estimate of drug-likeness (QED) is 0.781. The molecule has 1 aromatic rings. The summed E-state index contributed by atoms with van der Waals surface area (Å²) in [4.78, 5) is 0. The lowest BCUT2D eigenvalue weighted by Crippen LogP contribution is -2.19. The highest BCUT2D eigenvalue weighted by atomic mass is 79.9. The van der Waals surface area contributed by atoms with Crippen molar-refractivity contribution in [2.75, 3.05) is 5.32 Å². The minimum Gasteiger partial charge on any atom is -0.376 e. The number of hydrogen-bond acceptors (Lipinski definition) is 2. The zero-order valence-corrected chi connectivity index (χ0v) is 10.0. The SMILES string of the molecule is N#Cc1ccc(Br)c(NC(N)=S)c1Cl. The molecule has 0 aromatic heterocycles. The van der Waals surface area contributed by atoms with Gasteiger partial charge < -0.3 is 11.1 Å². The fourth-order valence-electron chi connectivity index (χ4n) is 0.877.